The Kier molecular flexibility index (Phi) is 8.51. The Morgan fingerprint density at radius 1 is 1.50 bits per heavy atom. The minimum Gasteiger partial charge on any atom is -0.359 e. The molecule has 1 aliphatic rings. The molecule has 7 nitrogen and oxygen atoms in total. The Bertz CT molecular complexity index is 569. The Morgan fingerprint density at radius 3 is 2.88 bits per heavy atom. The van der Waals surface area contributed by atoms with Gasteiger partial charge >= 0.3 is 0 Å². The minimum absolute atomic E-state index is 0. The minimum atomic E-state index is 0. The molecule has 1 atom stereocenters. The fourth-order valence-corrected chi connectivity index (χ4v) is 2.71. The number of aryl methyl sites for hydroxylation is 1. The van der Waals surface area contributed by atoms with Crippen molar-refractivity contribution in [2.45, 2.75) is 51.6 Å². The number of aromatic nitrogens is 2. The van der Waals surface area contributed by atoms with Crippen LogP contribution >= 0.6 is 24.0 Å². The maximum atomic E-state index is 11.2. The molecule has 8 heteroatoms. The number of rotatable bonds is 5. The van der Waals surface area contributed by atoms with Crippen molar-refractivity contribution in [3.05, 3.63) is 17.5 Å². The number of carbonyl (C=O) groups excluding carboxylic acids is 1. The summed E-state index contributed by atoms with van der Waals surface area (Å²) >= 11 is 0. The summed E-state index contributed by atoms with van der Waals surface area (Å²) in [6, 6.07) is 0.718. The first-order valence-corrected chi connectivity index (χ1v) is 8.28. The zero-order valence-corrected chi connectivity index (χ0v) is 17.3. The lowest BCUT2D eigenvalue weighted by Gasteiger charge is -2.24. The Hall–Kier alpha value is -1.32. The molecule has 1 aromatic heterocycles. The van der Waals surface area contributed by atoms with Crippen molar-refractivity contribution in [3.8, 4) is 0 Å². The fourth-order valence-electron chi connectivity index (χ4n) is 2.71. The zero-order chi connectivity index (χ0) is 16.8. The quantitative estimate of drug-likeness (QED) is 0.360. The molecular weight excluding hydrogens is 419 g/mol. The van der Waals surface area contributed by atoms with Crippen LogP contribution in [0.5, 0.6) is 0 Å². The lowest BCUT2D eigenvalue weighted by molar-refractivity contribution is -0.120. The van der Waals surface area contributed by atoms with E-state index in [0.717, 1.165) is 25.2 Å². The summed E-state index contributed by atoms with van der Waals surface area (Å²) in [4.78, 5) is 15.5. The molecule has 0 fully saturated rings. The van der Waals surface area contributed by atoms with E-state index >= 15 is 0 Å². The molecule has 136 valence electrons. The van der Waals surface area contributed by atoms with Crippen LogP contribution in [0.1, 0.15) is 44.0 Å². The van der Waals surface area contributed by atoms with Crippen LogP contribution in [0.2, 0.25) is 0 Å². The highest BCUT2D eigenvalue weighted by Crippen LogP contribution is 2.21. The fraction of sp³-hybridized carbons (Fsp3) is 0.688. The smallest absolute Gasteiger partial charge is 0.221 e. The van der Waals surface area contributed by atoms with Gasteiger partial charge in [0, 0.05) is 51.8 Å². The van der Waals surface area contributed by atoms with E-state index < -0.39 is 0 Å². The third-order valence-electron chi connectivity index (χ3n) is 4.11. The van der Waals surface area contributed by atoms with Gasteiger partial charge in [-0.25, -0.2) is 0 Å². The van der Waals surface area contributed by atoms with Gasteiger partial charge in [-0.1, -0.05) is 0 Å². The number of nitrogens with one attached hydrogen (secondary N) is 3. The van der Waals surface area contributed by atoms with E-state index in [1.165, 1.54) is 11.3 Å². The zero-order valence-electron chi connectivity index (χ0n) is 14.9. The van der Waals surface area contributed by atoms with Gasteiger partial charge in [0.2, 0.25) is 5.91 Å². The first kappa shape index (κ1) is 20.7. The number of hydrogen-bond donors (Lipinski definition) is 3. The first-order valence-electron chi connectivity index (χ1n) is 8.28. The molecule has 0 saturated carbocycles. The third-order valence-corrected chi connectivity index (χ3v) is 4.11. The van der Waals surface area contributed by atoms with Gasteiger partial charge in [-0.2, -0.15) is 5.10 Å². The third kappa shape index (κ3) is 5.64. The molecule has 1 aliphatic carbocycles. The summed E-state index contributed by atoms with van der Waals surface area (Å²) in [6.45, 7) is 4.86. The van der Waals surface area contributed by atoms with Crippen LogP contribution in [-0.4, -0.2) is 48.3 Å². The lowest BCUT2D eigenvalue weighted by atomic mass is 9.94. The second-order valence-corrected chi connectivity index (χ2v) is 6.18. The Labute approximate surface area is 161 Å². The van der Waals surface area contributed by atoms with Crippen LogP contribution in [-0.2, 0) is 17.6 Å². The number of fused-ring (bicyclic) bond motifs is 1. The molecule has 0 saturated heterocycles. The number of carbonyl (C=O) groups is 1. The van der Waals surface area contributed by atoms with Crippen molar-refractivity contribution in [2.75, 3.05) is 20.6 Å². The second kappa shape index (κ2) is 9.85. The number of hydrogen-bond acceptors (Lipinski definition) is 3. The molecule has 0 spiro atoms. The Balaban J connectivity index is 0.00000288. The first-order chi connectivity index (χ1) is 11.0. The van der Waals surface area contributed by atoms with Crippen molar-refractivity contribution < 1.29 is 4.79 Å². The van der Waals surface area contributed by atoms with Gasteiger partial charge < -0.3 is 16.0 Å². The van der Waals surface area contributed by atoms with E-state index in [0.29, 0.717) is 25.0 Å². The molecule has 0 radical (unpaired) electrons. The van der Waals surface area contributed by atoms with Gasteiger partial charge in [-0.3, -0.25) is 14.5 Å². The molecule has 0 aliphatic heterocycles. The summed E-state index contributed by atoms with van der Waals surface area (Å²) in [5.74, 6) is 0.764. The number of halogens is 1. The van der Waals surface area contributed by atoms with Crippen molar-refractivity contribution in [1.82, 2.24) is 25.7 Å². The molecule has 0 aromatic carbocycles. The molecule has 1 unspecified atom stereocenters. The Morgan fingerprint density at radius 2 is 2.25 bits per heavy atom. The highest BCUT2D eigenvalue weighted by molar-refractivity contribution is 14.0. The summed E-state index contributed by atoms with van der Waals surface area (Å²) in [6.07, 6.45) is 5.62. The van der Waals surface area contributed by atoms with E-state index in [4.69, 9.17) is 5.10 Å². The summed E-state index contributed by atoms with van der Waals surface area (Å²) < 4.78 is 2.05. The van der Waals surface area contributed by atoms with Crippen molar-refractivity contribution in [3.63, 3.8) is 0 Å². The second-order valence-electron chi connectivity index (χ2n) is 6.18. The summed E-state index contributed by atoms with van der Waals surface area (Å²) in [7, 11) is 3.39. The van der Waals surface area contributed by atoms with Gasteiger partial charge in [0.1, 0.15) is 0 Å². The van der Waals surface area contributed by atoms with Crippen molar-refractivity contribution in [1.29, 1.82) is 0 Å². The topological polar surface area (TPSA) is 83.3 Å². The van der Waals surface area contributed by atoms with E-state index in [9.17, 15) is 4.79 Å². The van der Waals surface area contributed by atoms with Gasteiger partial charge in [-0.05, 0) is 32.3 Å². The van der Waals surface area contributed by atoms with Gasteiger partial charge in [0.25, 0.3) is 0 Å². The van der Waals surface area contributed by atoms with Gasteiger partial charge in [0.05, 0.1) is 5.69 Å². The molecule has 0 bridgehead atoms. The van der Waals surface area contributed by atoms with Crippen LogP contribution in [0.15, 0.2) is 11.2 Å². The molecule has 1 aromatic rings. The molecular formula is C16H29IN6O. The van der Waals surface area contributed by atoms with E-state index in [1.807, 2.05) is 4.68 Å². The number of guanidine groups is 1. The maximum absolute atomic E-state index is 11.2. The average molecular weight is 448 g/mol. The SMILES string of the molecule is CN=C(NCCC(=O)NC)NC1CCc2cn(C(C)C)nc2C1.I. The van der Waals surface area contributed by atoms with Crippen molar-refractivity contribution in [2.24, 2.45) is 4.99 Å². The van der Waals surface area contributed by atoms with Crippen LogP contribution < -0.4 is 16.0 Å². The van der Waals surface area contributed by atoms with E-state index in [2.05, 4.69) is 41.0 Å². The summed E-state index contributed by atoms with van der Waals surface area (Å²) in [5.41, 5.74) is 2.54. The van der Waals surface area contributed by atoms with Gasteiger partial charge in [0.15, 0.2) is 5.96 Å². The lowest BCUT2D eigenvalue weighted by Crippen LogP contribution is -2.46. The number of aliphatic imine (C=N–C) groups is 1. The van der Waals surface area contributed by atoms with Crippen LogP contribution in [0, 0.1) is 0 Å². The number of nitrogens with zero attached hydrogens (tertiary/aromatic N) is 3. The molecule has 2 rings (SSSR count). The maximum Gasteiger partial charge on any atom is 0.221 e. The van der Waals surface area contributed by atoms with Crippen molar-refractivity contribution >= 4 is 35.8 Å². The van der Waals surface area contributed by atoms with E-state index in [1.54, 1.807) is 14.1 Å². The van der Waals surface area contributed by atoms with Gasteiger partial charge in [-0.15, -0.1) is 24.0 Å². The van der Waals surface area contributed by atoms with Crippen LogP contribution in [0.3, 0.4) is 0 Å². The largest absolute Gasteiger partial charge is 0.359 e. The predicted octanol–water partition coefficient (Wildman–Crippen LogP) is 1.24. The average Bonchev–Trinajstić information content (AvgIpc) is 2.97. The van der Waals surface area contributed by atoms with Crippen LogP contribution in [0.25, 0.3) is 0 Å². The predicted molar refractivity (Wildman–Crippen MR) is 107 cm³/mol. The van der Waals surface area contributed by atoms with Crippen LogP contribution in [0.4, 0.5) is 0 Å². The monoisotopic (exact) mass is 448 g/mol. The normalized spacial score (nSPS) is 17.0. The molecule has 3 N–H and O–H groups in total. The molecule has 1 amide bonds. The highest BCUT2D eigenvalue weighted by Gasteiger charge is 2.22. The number of amides is 1. The van der Waals surface area contributed by atoms with E-state index in [-0.39, 0.29) is 29.9 Å². The standard InChI is InChI=1S/C16H28N6O.HI/c1-11(2)22-10-12-5-6-13(9-14(12)21-22)20-16(18-4)19-8-7-15(23)17-3;/h10-11,13H,5-9H2,1-4H3,(H,17,23)(H2,18,19,20);1H. The molecule has 1 heterocycles. The summed E-state index contributed by atoms with van der Waals surface area (Å²) in [5, 5.41) is 13.9. The molecule has 24 heavy (non-hydrogen) atoms. The highest BCUT2D eigenvalue weighted by atomic mass is 127.